The third-order valence-corrected chi connectivity index (χ3v) is 22.4. The number of nitrogens with zero attached hydrogens (tertiary/aromatic N) is 5. The molecule has 2 aliphatic rings. The van der Waals surface area contributed by atoms with Crippen LogP contribution in [-0.4, -0.2) is 22.8 Å². The van der Waals surface area contributed by atoms with Gasteiger partial charge >= 0.3 is 0 Å². The van der Waals surface area contributed by atoms with E-state index in [0.717, 1.165) is 17.1 Å². The molecule has 0 N–H and O–H groups in total. The average molecular weight is 1250 g/mol. The van der Waals surface area contributed by atoms with Crippen LogP contribution in [0.15, 0.2) is 194 Å². The van der Waals surface area contributed by atoms with E-state index in [2.05, 4.69) is 342 Å². The molecule has 0 spiro atoms. The first-order chi connectivity index (χ1) is 45.5. The highest BCUT2D eigenvalue weighted by Crippen LogP contribution is 2.61. The highest BCUT2D eigenvalue weighted by molar-refractivity contribution is 6.20. The van der Waals surface area contributed by atoms with Crippen molar-refractivity contribution >= 4 is 109 Å². The quantitative estimate of drug-likeness (QED) is 0.168. The van der Waals surface area contributed by atoms with Crippen LogP contribution in [0, 0.1) is 0 Å². The van der Waals surface area contributed by atoms with Gasteiger partial charge in [-0.2, -0.15) is 0 Å². The van der Waals surface area contributed by atoms with Crippen molar-refractivity contribution in [2.45, 2.75) is 163 Å². The number of para-hydroxylation sites is 4. The Balaban J connectivity index is 1.21. The second-order valence-electron chi connectivity index (χ2n) is 34.7. The second-order valence-corrected chi connectivity index (χ2v) is 34.7. The minimum Gasteiger partial charge on any atom is -0.306 e. The largest absolute Gasteiger partial charge is 0.306 e. The predicted molar refractivity (Wildman–Crippen MR) is 411 cm³/mol. The Hall–Kier alpha value is -9.58. The van der Waals surface area contributed by atoms with Crippen LogP contribution in [0.2, 0.25) is 0 Å². The fourth-order valence-corrected chi connectivity index (χ4v) is 17.2. The lowest BCUT2D eigenvalue weighted by Crippen LogP contribution is -2.27. The van der Waals surface area contributed by atoms with E-state index in [1.807, 2.05) is 0 Å². The summed E-state index contributed by atoms with van der Waals surface area (Å²) < 4.78 is 13.8. The monoisotopic (exact) mass is 1250 g/mol. The van der Waals surface area contributed by atoms with Gasteiger partial charge in [-0.1, -0.05) is 234 Å². The summed E-state index contributed by atoms with van der Waals surface area (Å²) >= 11 is 0. The number of benzene rings is 11. The zero-order valence-corrected chi connectivity index (χ0v) is 59.3. The lowest BCUT2D eigenvalue weighted by molar-refractivity contribution is 0.590. The maximum atomic E-state index is 2.77. The maximum Gasteiger partial charge on any atom is 0.0990 e. The molecule has 5 aromatic heterocycles. The Bertz CT molecular complexity index is 5610. The SMILES string of the molecule is CC(C)(C)c1ccc2c(c1)c1cc(C(C)(C)C)ccc1n2-c1c(-n2c3ccc(C(C)(C)C)cc3c3cc(C(C)(C)C)ccc32)c2c3c(c1-n1c4ccc(C(C)(C)C)cc4c4cc(C(C)(C)C)ccc41)-n1c4ccccc4c4cccc(c41)C3c1cccc3c4ccccc4n-2c13. The van der Waals surface area contributed by atoms with E-state index in [-0.39, 0.29) is 38.4 Å². The predicted octanol–water partition coefficient (Wildman–Crippen LogP) is 24.8. The topological polar surface area (TPSA) is 24.6 Å². The zero-order valence-electron chi connectivity index (χ0n) is 59.3. The van der Waals surface area contributed by atoms with Gasteiger partial charge in [0.25, 0.3) is 0 Å². The first-order valence-electron chi connectivity index (χ1n) is 35.0. The first kappa shape index (κ1) is 59.0. The highest BCUT2D eigenvalue weighted by atomic mass is 15.2. The van der Waals surface area contributed by atoms with Crippen LogP contribution in [0.1, 0.15) is 181 Å². The molecule has 0 unspecified atom stereocenters. The van der Waals surface area contributed by atoms with Gasteiger partial charge < -0.3 is 22.8 Å². The third kappa shape index (κ3) is 8.03. The standard InChI is InChI=1S/C91H87N5/c1-86(2,3)51-33-39-71-63(45-51)64-46-52(87(4,5)6)34-40-72(64)92(71)83-81-78-77(61-29-23-27-59-57-25-19-21-31-69(57)95(81)79(59)61)62-30-24-28-60-58-26-20-22-32-70(58)96(80(60)62)82(78)84(93-73-41-35-53(88(7,8)9)47-65(73)66-48-54(89(10,11)12)36-42-74(66)93)85(83)94-75-43-37-55(90(13,14)15)49-67(75)68-50-56(91(16,17)18)38-44-76(68)94/h19-50,77H,1-18H3. The number of rotatable bonds is 3. The molecular formula is C91H87N5. The van der Waals surface area contributed by atoms with Crippen LogP contribution in [0.3, 0.4) is 0 Å². The Kier molecular flexibility index (Phi) is 11.7. The molecule has 0 fully saturated rings. The number of hydrogen-bond acceptors (Lipinski definition) is 0. The van der Waals surface area contributed by atoms with Gasteiger partial charge in [0.1, 0.15) is 0 Å². The Morgan fingerprint density at radius 2 is 0.438 bits per heavy atom. The van der Waals surface area contributed by atoms with Gasteiger partial charge in [0.15, 0.2) is 0 Å². The number of fused-ring (bicyclic) bond motifs is 19. The molecule has 18 rings (SSSR count). The summed E-state index contributed by atoms with van der Waals surface area (Å²) in [7, 11) is 0. The van der Waals surface area contributed by atoms with E-state index in [1.54, 1.807) is 0 Å². The molecule has 2 aliphatic heterocycles. The molecule has 5 heteroatoms. The minimum absolute atomic E-state index is 0.109. The summed E-state index contributed by atoms with van der Waals surface area (Å²) in [4.78, 5) is 0. The molecule has 0 saturated carbocycles. The van der Waals surface area contributed by atoms with E-state index in [4.69, 9.17) is 0 Å². The molecular weight excluding hydrogens is 1160 g/mol. The summed E-state index contributed by atoms with van der Waals surface area (Å²) in [6, 6.07) is 77.7. The second kappa shape index (κ2) is 19.1. The van der Waals surface area contributed by atoms with E-state index in [0.29, 0.717) is 0 Å². The van der Waals surface area contributed by atoms with Gasteiger partial charge in [-0.15, -0.1) is 0 Å². The van der Waals surface area contributed by atoms with Crippen molar-refractivity contribution < 1.29 is 0 Å². The van der Waals surface area contributed by atoms with Crippen LogP contribution in [0.5, 0.6) is 0 Å². The van der Waals surface area contributed by atoms with Crippen LogP contribution in [0.25, 0.3) is 137 Å². The van der Waals surface area contributed by atoms with E-state index >= 15 is 0 Å². The van der Waals surface area contributed by atoms with Crippen molar-refractivity contribution in [1.29, 1.82) is 0 Å². The van der Waals surface area contributed by atoms with Gasteiger partial charge in [0.2, 0.25) is 0 Å². The summed E-state index contributed by atoms with van der Waals surface area (Å²) in [5.41, 5.74) is 29.0. The molecule has 0 aliphatic carbocycles. The first-order valence-corrected chi connectivity index (χ1v) is 35.0. The summed E-state index contributed by atoms with van der Waals surface area (Å²) in [6.07, 6.45) is 0. The van der Waals surface area contributed by atoms with Crippen molar-refractivity contribution in [3.63, 3.8) is 0 Å². The van der Waals surface area contributed by atoms with Crippen molar-refractivity contribution in [3.05, 3.63) is 244 Å². The lowest BCUT2D eigenvalue weighted by atomic mass is 9.77. The molecule has 0 saturated heterocycles. The van der Waals surface area contributed by atoms with E-state index in [9.17, 15) is 0 Å². The molecule has 0 atom stereocenters. The number of aromatic nitrogens is 5. The normalized spacial score (nSPS) is 14.1. The third-order valence-electron chi connectivity index (χ3n) is 22.4. The molecule has 7 heterocycles. The highest BCUT2D eigenvalue weighted by Gasteiger charge is 2.45. The minimum atomic E-state index is -0.175. The fraction of sp³-hybridized carbons (Fsp3) is 0.275. The average Bonchev–Trinajstić information content (AvgIpc) is 1.39. The van der Waals surface area contributed by atoms with Crippen LogP contribution >= 0.6 is 0 Å². The molecule has 5 nitrogen and oxygen atoms in total. The fourth-order valence-electron chi connectivity index (χ4n) is 17.2. The van der Waals surface area contributed by atoms with Crippen LogP contribution < -0.4 is 0 Å². The van der Waals surface area contributed by atoms with Gasteiger partial charge in [0.05, 0.1) is 83.6 Å². The Labute approximate surface area is 564 Å². The number of hydrogen-bond donors (Lipinski definition) is 0. The van der Waals surface area contributed by atoms with Gasteiger partial charge in [-0.05, 0) is 162 Å². The zero-order chi connectivity index (χ0) is 66.7. The van der Waals surface area contributed by atoms with Crippen molar-refractivity contribution in [2.75, 3.05) is 0 Å². The molecule has 96 heavy (non-hydrogen) atoms. The molecule has 16 aromatic rings. The van der Waals surface area contributed by atoms with Crippen molar-refractivity contribution in [2.24, 2.45) is 0 Å². The van der Waals surface area contributed by atoms with Crippen molar-refractivity contribution in [1.82, 2.24) is 22.8 Å². The van der Waals surface area contributed by atoms with Gasteiger partial charge in [0, 0.05) is 65.3 Å². The molecule has 476 valence electrons. The maximum absolute atomic E-state index is 2.77. The molecule has 0 amide bonds. The summed E-state index contributed by atoms with van der Waals surface area (Å²) in [6.45, 7) is 42.6. The summed E-state index contributed by atoms with van der Waals surface area (Å²) in [5.74, 6) is -0.175. The van der Waals surface area contributed by atoms with Crippen molar-refractivity contribution in [3.8, 4) is 28.4 Å². The van der Waals surface area contributed by atoms with Gasteiger partial charge in [-0.25, -0.2) is 0 Å². The molecule has 0 bridgehead atoms. The van der Waals surface area contributed by atoms with Crippen LogP contribution in [0.4, 0.5) is 0 Å². The van der Waals surface area contributed by atoms with E-state index < -0.39 is 0 Å². The summed E-state index contributed by atoms with van der Waals surface area (Å²) in [5, 5.41) is 12.6. The van der Waals surface area contributed by atoms with Crippen LogP contribution in [-0.2, 0) is 32.5 Å². The van der Waals surface area contributed by atoms with E-state index in [1.165, 1.54) is 170 Å². The smallest absolute Gasteiger partial charge is 0.0990 e. The molecule has 11 aromatic carbocycles. The lowest BCUT2D eigenvalue weighted by Gasteiger charge is -2.39. The molecule has 0 radical (unpaired) electrons. The Morgan fingerprint density at radius 1 is 0.208 bits per heavy atom. The van der Waals surface area contributed by atoms with Gasteiger partial charge in [-0.3, -0.25) is 0 Å². The Morgan fingerprint density at radius 3 is 0.698 bits per heavy atom.